The van der Waals surface area contributed by atoms with Gasteiger partial charge < -0.3 is 4.98 Å². The van der Waals surface area contributed by atoms with Gasteiger partial charge in [-0.25, -0.2) is 0 Å². The Kier molecular flexibility index (Phi) is 3.77. The van der Waals surface area contributed by atoms with Gasteiger partial charge in [-0.15, -0.1) is 11.6 Å². The van der Waals surface area contributed by atoms with Gasteiger partial charge in [0.05, 0.1) is 15.9 Å². The highest BCUT2D eigenvalue weighted by Gasteiger charge is 2.04. The Bertz CT molecular complexity index is 607. The normalized spacial score (nSPS) is 10.5. The largest absolute Gasteiger partial charge is 0.322 e. The third-order valence-corrected chi connectivity index (χ3v) is 3.39. The number of pyridine rings is 1. The Morgan fingerprint density at radius 1 is 1.06 bits per heavy atom. The minimum absolute atomic E-state index is 0.191. The van der Waals surface area contributed by atoms with Crippen molar-refractivity contribution >= 4 is 34.8 Å². The molecule has 0 atom stereocenters. The molecule has 2 aromatic rings. The van der Waals surface area contributed by atoms with E-state index in [0.717, 1.165) is 5.56 Å². The second kappa shape index (κ2) is 5.13. The van der Waals surface area contributed by atoms with Gasteiger partial charge in [0.1, 0.15) is 0 Å². The van der Waals surface area contributed by atoms with Crippen LogP contribution in [0.5, 0.6) is 0 Å². The molecule has 0 amide bonds. The van der Waals surface area contributed by atoms with Crippen LogP contribution in [0.15, 0.2) is 35.1 Å². The maximum Gasteiger partial charge on any atom is 0.252 e. The van der Waals surface area contributed by atoms with Gasteiger partial charge in [-0.1, -0.05) is 35.3 Å². The van der Waals surface area contributed by atoms with Gasteiger partial charge in [0, 0.05) is 11.3 Å². The van der Waals surface area contributed by atoms with Crippen LogP contribution >= 0.6 is 34.8 Å². The van der Waals surface area contributed by atoms with E-state index in [-0.39, 0.29) is 11.4 Å². The van der Waals surface area contributed by atoms with Gasteiger partial charge in [0.2, 0.25) is 0 Å². The highest BCUT2D eigenvalue weighted by atomic mass is 35.5. The third-order valence-electron chi connectivity index (χ3n) is 2.37. The number of aromatic amines is 1. The molecule has 1 heterocycles. The van der Waals surface area contributed by atoms with E-state index >= 15 is 0 Å². The Labute approximate surface area is 113 Å². The van der Waals surface area contributed by atoms with Crippen molar-refractivity contribution in [2.75, 3.05) is 0 Å². The predicted molar refractivity (Wildman–Crippen MR) is 72.1 cm³/mol. The fourth-order valence-electron chi connectivity index (χ4n) is 1.44. The first-order chi connectivity index (χ1) is 8.11. The Hall–Kier alpha value is -0.960. The number of nitrogens with one attached hydrogen (secondary N) is 1. The average Bonchev–Trinajstić information content (AvgIpc) is 2.32. The molecule has 0 aliphatic heterocycles. The molecule has 1 aromatic heterocycles. The Morgan fingerprint density at radius 2 is 1.82 bits per heavy atom. The van der Waals surface area contributed by atoms with Gasteiger partial charge in [-0.2, -0.15) is 0 Å². The van der Waals surface area contributed by atoms with Crippen molar-refractivity contribution in [1.29, 1.82) is 0 Å². The van der Waals surface area contributed by atoms with Crippen LogP contribution < -0.4 is 5.56 Å². The molecule has 1 aromatic carbocycles. The summed E-state index contributed by atoms with van der Waals surface area (Å²) < 4.78 is 0. The zero-order chi connectivity index (χ0) is 12.4. The van der Waals surface area contributed by atoms with Gasteiger partial charge in [-0.3, -0.25) is 4.79 Å². The summed E-state index contributed by atoms with van der Waals surface area (Å²) in [5, 5.41) is 0.932. The molecule has 2 rings (SSSR count). The van der Waals surface area contributed by atoms with Crippen LogP contribution in [0, 0.1) is 0 Å². The van der Waals surface area contributed by atoms with E-state index in [2.05, 4.69) is 4.98 Å². The van der Waals surface area contributed by atoms with Crippen molar-refractivity contribution < 1.29 is 0 Å². The molecular formula is C12H8Cl3NO. The number of hydrogen-bond acceptors (Lipinski definition) is 1. The zero-order valence-corrected chi connectivity index (χ0v) is 10.9. The SMILES string of the molecule is O=c1[nH]c(-c2ccc(Cl)c(Cl)c2)ccc1CCl. The minimum atomic E-state index is -0.191. The van der Waals surface area contributed by atoms with E-state index in [4.69, 9.17) is 34.8 Å². The lowest BCUT2D eigenvalue weighted by Crippen LogP contribution is -2.11. The lowest BCUT2D eigenvalue weighted by Gasteiger charge is -2.04. The molecule has 0 unspecified atom stereocenters. The van der Waals surface area contributed by atoms with Crippen LogP contribution in [0.3, 0.4) is 0 Å². The fraction of sp³-hybridized carbons (Fsp3) is 0.0833. The molecule has 88 valence electrons. The molecule has 0 spiro atoms. The topological polar surface area (TPSA) is 32.9 Å². The van der Waals surface area contributed by atoms with Crippen LogP contribution in [-0.2, 0) is 5.88 Å². The smallest absolute Gasteiger partial charge is 0.252 e. The van der Waals surface area contributed by atoms with Crippen molar-refractivity contribution in [3.8, 4) is 11.3 Å². The quantitative estimate of drug-likeness (QED) is 0.830. The molecule has 1 N–H and O–H groups in total. The molecule has 0 bridgehead atoms. The second-order valence-corrected chi connectivity index (χ2v) is 4.57. The first-order valence-corrected chi connectivity index (χ1v) is 6.14. The van der Waals surface area contributed by atoms with E-state index in [9.17, 15) is 4.79 Å². The number of hydrogen-bond donors (Lipinski definition) is 1. The fourth-order valence-corrected chi connectivity index (χ4v) is 1.95. The van der Waals surface area contributed by atoms with E-state index in [1.165, 1.54) is 0 Å². The van der Waals surface area contributed by atoms with Crippen molar-refractivity contribution in [3.63, 3.8) is 0 Å². The van der Waals surface area contributed by atoms with E-state index in [1.54, 1.807) is 30.3 Å². The maximum atomic E-state index is 11.6. The standard InChI is InChI=1S/C12H8Cl3NO/c13-6-8-2-4-11(16-12(8)17)7-1-3-9(14)10(15)5-7/h1-5H,6H2,(H,16,17). The van der Waals surface area contributed by atoms with Gasteiger partial charge >= 0.3 is 0 Å². The van der Waals surface area contributed by atoms with E-state index in [1.807, 2.05) is 0 Å². The molecular weight excluding hydrogens is 280 g/mol. The number of rotatable bonds is 2. The average molecular weight is 289 g/mol. The first-order valence-electron chi connectivity index (χ1n) is 4.85. The van der Waals surface area contributed by atoms with Crippen LogP contribution in [0.2, 0.25) is 10.0 Å². The van der Waals surface area contributed by atoms with Crippen LogP contribution in [0.4, 0.5) is 0 Å². The lowest BCUT2D eigenvalue weighted by molar-refractivity contribution is 1.17. The summed E-state index contributed by atoms with van der Waals surface area (Å²) in [5.74, 6) is 0.191. The summed E-state index contributed by atoms with van der Waals surface area (Å²) in [5.41, 5.74) is 1.83. The summed E-state index contributed by atoms with van der Waals surface area (Å²) in [7, 11) is 0. The first kappa shape index (κ1) is 12.5. The Morgan fingerprint density at radius 3 is 2.41 bits per heavy atom. The van der Waals surface area contributed by atoms with Gasteiger partial charge in [0.15, 0.2) is 0 Å². The summed E-state index contributed by atoms with van der Waals surface area (Å²) >= 11 is 17.4. The molecule has 0 saturated heterocycles. The minimum Gasteiger partial charge on any atom is -0.322 e. The van der Waals surface area contributed by atoms with Crippen molar-refractivity contribution in [2.45, 2.75) is 5.88 Å². The van der Waals surface area contributed by atoms with Crippen LogP contribution in [0.25, 0.3) is 11.3 Å². The van der Waals surface area contributed by atoms with Crippen LogP contribution in [-0.4, -0.2) is 4.98 Å². The molecule has 0 saturated carbocycles. The number of benzene rings is 1. The van der Waals surface area contributed by atoms with Crippen LogP contribution in [0.1, 0.15) is 5.56 Å². The number of H-pyrrole nitrogens is 1. The summed E-state index contributed by atoms with van der Waals surface area (Å²) in [4.78, 5) is 14.3. The molecule has 5 heteroatoms. The molecule has 2 nitrogen and oxygen atoms in total. The summed E-state index contributed by atoms with van der Waals surface area (Å²) in [6.07, 6.45) is 0. The van der Waals surface area contributed by atoms with Crippen molar-refractivity contribution in [3.05, 3.63) is 56.3 Å². The molecule has 0 radical (unpaired) electrons. The number of alkyl halides is 1. The summed E-state index contributed by atoms with van der Waals surface area (Å²) in [6, 6.07) is 8.67. The number of halogens is 3. The maximum absolute atomic E-state index is 11.6. The van der Waals surface area contributed by atoms with Gasteiger partial charge in [0.25, 0.3) is 5.56 Å². The predicted octanol–water partition coefficient (Wildman–Crippen LogP) is 4.09. The highest BCUT2D eigenvalue weighted by molar-refractivity contribution is 6.42. The lowest BCUT2D eigenvalue weighted by atomic mass is 10.1. The third kappa shape index (κ3) is 2.65. The highest BCUT2D eigenvalue weighted by Crippen LogP contribution is 2.27. The molecule has 0 aliphatic carbocycles. The molecule has 0 aliphatic rings. The zero-order valence-electron chi connectivity index (χ0n) is 8.64. The van der Waals surface area contributed by atoms with Crippen molar-refractivity contribution in [1.82, 2.24) is 4.98 Å². The van der Waals surface area contributed by atoms with E-state index in [0.29, 0.717) is 21.3 Å². The van der Waals surface area contributed by atoms with E-state index < -0.39 is 0 Å². The molecule has 0 fully saturated rings. The van der Waals surface area contributed by atoms with Gasteiger partial charge in [-0.05, 0) is 23.8 Å². The summed E-state index contributed by atoms with van der Waals surface area (Å²) in [6.45, 7) is 0. The molecule has 17 heavy (non-hydrogen) atoms. The van der Waals surface area contributed by atoms with Crippen molar-refractivity contribution in [2.24, 2.45) is 0 Å². The number of aromatic nitrogens is 1. The monoisotopic (exact) mass is 287 g/mol. The second-order valence-electron chi connectivity index (χ2n) is 3.49. The Balaban J connectivity index is 2.50.